The van der Waals surface area contributed by atoms with E-state index in [1.807, 2.05) is 12.3 Å². The lowest BCUT2D eigenvalue weighted by atomic mass is 9.83. The number of benzene rings is 7. The molecule has 9 aromatic rings. The molecule has 0 amide bonds. The molecular formula is C55H40N2. The van der Waals surface area contributed by atoms with Crippen LogP contribution >= 0.6 is 0 Å². The van der Waals surface area contributed by atoms with Crippen molar-refractivity contribution in [2.45, 2.75) is 38.5 Å². The van der Waals surface area contributed by atoms with E-state index in [4.69, 9.17) is 4.98 Å². The van der Waals surface area contributed by atoms with Crippen molar-refractivity contribution in [3.05, 3.63) is 192 Å². The highest BCUT2D eigenvalue weighted by Crippen LogP contribution is 2.51. The van der Waals surface area contributed by atoms with Gasteiger partial charge in [0.15, 0.2) is 0 Å². The molecular weight excluding hydrogens is 689 g/mol. The van der Waals surface area contributed by atoms with Crippen molar-refractivity contribution in [1.29, 1.82) is 0 Å². The third-order valence-corrected chi connectivity index (χ3v) is 13.0. The van der Waals surface area contributed by atoms with Gasteiger partial charge in [-0.25, -0.2) is 0 Å². The van der Waals surface area contributed by atoms with Crippen molar-refractivity contribution >= 4 is 55.0 Å². The van der Waals surface area contributed by atoms with Crippen molar-refractivity contribution in [2.75, 3.05) is 0 Å². The summed E-state index contributed by atoms with van der Waals surface area (Å²) in [7, 11) is 0. The molecule has 0 N–H and O–H groups in total. The van der Waals surface area contributed by atoms with Crippen molar-refractivity contribution in [1.82, 2.24) is 9.55 Å². The Morgan fingerprint density at radius 3 is 2.04 bits per heavy atom. The number of aryl methyl sites for hydroxylation is 1. The summed E-state index contributed by atoms with van der Waals surface area (Å²) < 4.78 is 2.46. The molecule has 270 valence electrons. The monoisotopic (exact) mass is 728 g/mol. The topological polar surface area (TPSA) is 17.8 Å². The second kappa shape index (κ2) is 12.6. The molecule has 57 heavy (non-hydrogen) atoms. The first kappa shape index (κ1) is 32.5. The number of pyridine rings is 1. The summed E-state index contributed by atoms with van der Waals surface area (Å²) in [5.74, 6) is 0.371. The molecule has 7 aromatic carbocycles. The van der Waals surface area contributed by atoms with Gasteiger partial charge in [0.2, 0.25) is 0 Å². The average molecular weight is 729 g/mol. The Kier molecular flexibility index (Phi) is 7.19. The second-order valence-corrected chi connectivity index (χ2v) is 16.0. The number of rotatable bonds is 4. The van der Waals surface area contributed by atoms with Gasteiger partial charge in [-0.1, -0.05) is 128 Å². The van der Waals surface area contributed by atoms with Crippen LogP contribution in [0.25, 0.3) is 94.1 Å². The molecule has 0 saturated carbocycles. The molecule has 0 aliphatic heterocycles. The van der Waals surface area contributed by atoms with E-state index in [0.29, 0.717) is 5.92 Å². The van der Waals surface area contributed by atoms with Crippen LogP contribution in [0, 0.1) is 0 Å². The zero-order valence-electron chi connectivity index (χ0n) is 32.0. The molecule has 1 atom stereocenters. The molecule has 0 radical (unpaired) electrons. The minimum atomic E-state index is 0.371. The van der Waals surface area contributed by atoms with Gasteiger partial charge in [0.1, 0.15) is 0 Å². The first-order valence-corrected chi connectivity index (χ1v) is 20.5. The predicted molar refractivity (Wildman–Crippen MR) is 241 cm³/mol. The maximum Gasteiger partial charge on any atom is 0.0780 e. The lowest BCUT2D eigenvalue weighted by Crippen LogP contribution is -2.00. The van der Waals surface area contributed by atoms with E-state index < -0.39 is 0 Å². The molecule has 2 aromatic heterocycles. The van der Waals surface area contributed by atoms with Crippen LogP contribution in [0.5, 0.6) is 0 Å². The number of fused-ring (bicyclic) bond motifs is 8. The standard InChI is InChI=1S/C55H40N2/c1-34-40-14-2-3-15-42(40)48-33-50-49(32-47(34)48)53(36-25-23-35(24-26-36)41-20-10-12-38-13-11-31-56-55(38)41)45-18-4-5-19-46(45)54(50)37-27-29-39(30-28-37)57-51-21-8-6-16-43(51)44-17-7-9-22-52(44)57/h2,4-6,8-14,16,18-34H,3,7,15,17H2,1H3. The Hall–Kier alpha value is -6.77. The van der Waals surface area contributed by atoms with Gasteiger partial charge in [-0.05, 0) is 145 Å². The van der Waals surface area contributed by atoms with Crippen LogP contribution in [0.2, 0.25) is 0 Å². The van der Waals surface area contributed by atoms with Gasteiger partial charge >= 0.3 is 0 Å². The Balaban J connectivity index is 1.08. The minimum absolute atomic E-state index is 0.371. The zero-order valence-corrected chi connectivity index (χ0v) is 32.0. The lowest BCUT2D eigenvalue weighted by Gasteiger charge is -2.21. The van der Waals surface area contributed by atoms with Crippen LogP contribution in [0.1, 0.15) is 54.5 Å². The Bertz CT molecular complexity index is 3220. The quantitative estimate of drug-likeness (QED) is 0.165. The summed E-state index contributed by atoms with van der Waals surface area (Å²) in [5.41, 5.74) is 19.6. The van der Waals surface area contributed by atoms with Crippen molar-refractivity contribution in [3.63, 3.8) is 0 Å². The average Bonchev–Trinajstić information content (AvgIpc) is 3.76. The van der Waals surface area contributed by atoms with Crippen LogP contribution in [0.3, 0.4) is 0 Å². The Labute approximate surface area is 332 Å². The molecule has 0 saturated heterocycles. The van der Waals surface area contributed by atoms with Crippen molar-refractivity contribution < 1.29 is 0 Å². The summed E-state index contributed by atoms with van der Waals surface area (Å²) in [6.45, 7) is 2.40. The number of hydrogen-bond donors (Lipinski definition) is 0. The van der Waals surface area contributed by atoms with Gasteiger partial charge in [-0.3, -0.25) is 4.98 Å². The molecule has 0 fully saturated rings. The van der Waals surface area contributed by atoms with Crippen LogP contribution in [-0.2, 0) is 6.42 Å². The first-order valence-electron chi connectivity index (χ1n) is 20.5. The number of para-hydroxylation sites is 2. The van der Waals surface area contributed by atoms with Crippen LogP contribution in [0.4, 0.5) is 0 Å². The molecule has 2 heteroatoms. The van der Waals surface area contributed by atoms with Gasteiger partial charge in [0, 0.05) is 39.8 Å². The van der Waals surface area contributed by atoms with Gasteiger partial charge in [-0.2, -0.15) is 0 Å². The SMILES string of the molecule is CC1C2=C(CCC=C2)c2cc3c(-c4ccc(-n5c6c(c7ccccc75)CCC=C6)cc4)c4ccccc4c(-c4ccc(-c5cccc6cccnc56)cc4)c3cc21. The fourth-order valence-corrected chi connectivity index (χ4v) is 10.4. The maximum absolute atomic E-state index is 4.77. The minimum Gasteiger partial charge on any atom is -0.310 e. The summed E-state index contributed by atoms with van der Waals surface area (Å²) in [6.07, 6.45) is 15.7. The molecule has 3 aliphatic carbocycles. The van der Waals surface area contributed by atoms with E-state index in [9.17, 15) is 0 Å². The third-order valence-electron chi connectivity index (χ3n) is 13.0. The maximum atomic E-state index is 4.77. The normalized spacial score (nSPS) is 15.8. The van der Waals surface area contributed by atoms with Gasteiger partial charge < -0.3 is 4.57 Å². The number of aromatic nitrogens is 2. The first-order chi connectivity index (χ1) is 28.2. The predicted octanol–water partition coefficient (Wildman–Crippen LogP) is 14.7. The van der Waals surface area contributed by atoms with Gasteiger partial charge in [0.25, 0.3) is 0 Å². The van der Waals surface area contributed by atoms with E-state index in [0.717, 1.165) is 42.1 Å². The molecule has 1 unspecified atom stereocenters. The Morgan fingerprint density at radius 1 is 0.561 bits per heavy atom. The highest BCUT2D eigenvalue weighted by Gasteiger charge is 2.30. The van der Waals surface area contributed by atoms with E-state index in [1.54, 1.807) is 0 Å². The molecule has 2 heterocycles. The fraction of sp³-hybridized carbons (Fsp3) is 0.109. The van der Waals surface area contributed by atoms with Crippen LogP contribution in [-0.4, -0.2) is 9.55 Å². The highest BCUT2D eigenvalue weighted by atomic mass is 15.0. The van der Waals surface area contributed by atoms with Crippen molar-refractivity contribution in [2.24, 2.45) is 0 Å². The summed E-state index contributed by atoms with van der Waals surface area (Å²) in [4.78, 5) is 4.77. The van der Waals surface area contributed by atoms with E-state index in [1.165, 1.54) is 99.5 Å². The van der Waals surface area contributed by atoms with Gasteiger partial charge in [0.05, 0.1) is 11.0 Å². The third kappa shape index (κ3) is 4.87. The number of allylic oxidation sites excluding steroid dienone is 5. The summed E-state index contributed by atoms with van der Waals surface area (Å²) in [6, 6.07) is 52.3. The van der Waals surface area contributed by atoms with Crippen molar-refractivity contribution in [3.8, 4) is 39.1 Å². The van der Waals surface area contributed by atoms with Gasteiger partial charge in [-0.15, -0.1) is 0 Å². The highest BCUT2D eigenvalue weighted by molar-refractivity contribution is 6.22. The Morgan fingerprint density at radius 2 is 1.23 bits per heavy atom. The zero-order chi connectivity index (χ0) is 37.6. The largest absolute Gasteiger partial charge is 0.310 e. The molecule has 0 spiro atoms. The smallest absolute Gasteiger partial charge is 0.0780 e. The molecule has 3 aliphatic rings. The molecule has 12 rings (SSSR count). The molecule has 0 bridgehead atoms. The van der Waals surface area contributed by atoms with Crippen LogP contribution < -0.4 is 0 Å². The van der Waals surface area contributed by atoms with E-state index in [2.05, 4.69) is 169 Å². The number of hydrogen-bond acceptors (Lipinski definition) is 1. The van der Waals surface area contributed by atoms with Crippen LogP contribution in [0.15, 0.2) is 170 Å². The second-order valence-electron chi connectivity index (χ2n) is 16.0. The summed E-state index contributed by atoms with van der Waals surface area (Å²) in [5, 5.41) is 7.72. The van der Waals surface area contributed by atoms with E-state index in [-0.39, 0.29) is 0 Å². The molecule has 2 nitrogen and oxygen atoms in total. The number of nitrogens with zero attached hydrogens (tertiary/aromatic N) is 2. The summed E-state index contributed by atoms with van der Waals surface area (Å²) >= 11 is 0. The lowest BCUT2D eigenvalue weighted by molar-refractivity contribution is 0.932. The van der Waals surface area contributed by atoms with E-state index >= 15 is 0 Å². The fourth-order valence-electron chi connectivity index (χ4n) is 10.4.